The number of aliphatic hydroxyl groups is 1. The molecule has 2 aliphatic heterocycles. The Morgan fingerprint density at radius 2 is 1.90 bits per heavy atom. The number of nitrogens with one attached hydrogen (secondary N) is 2. The van der Waals surface area contributed by atoms with Gasteiger partial charge in [-0.05, 0) is 37.8 Å². The summed E-state index contributed by atoms with van der Waals surface area (Å²) in [6, 6.07) is 5.01. The minimum atomic E-state index is -0.675. The Morgan fingerprint density at radius 3 is 2.71 bits per heavy atom. The second-order valence-electron chi connectivity index (χ2n) is 8.35. The van der Waals surface area contributed by atoms with E-state index in [1.165, 1.54) is 12.0 Å². The maximum atomic E-state index is 9.67. The fraction of sp³-hybridized carbons (Fsp3) is 0.545. The van der Waals surface area contributed by atoms with Gasteiger partial charge in [0.2, 0.25) is 0 Å². The van der Waals surface area contributed by atoms with E-state index in [-0.39, 0.29) is 6.04 Å². The maximum absolute atomic E-state index is 9.67. The van der Waals surface area contributed by atoms with E-state index in [1.807, 2.05) is 0 Å². The third-order valence-electron chi connectivity index (χ3n) is 6.18. The minimum Gasteiger partial charge on any atom is -0.380 e. The Balaban J connectivity index is 1.28. The van der Waals surface area contributed by atoms with Crippen LogP contribution < -0.4 is 15.5 Å². The van der Waals surface area contributed by atoms with Crippen LogP contribution in [0.2, 0.25) is 0 Å². The Kier molecular flexibility index (Phi) is 5.95. The Bertz CT molecular complexity index is 965. The molecular formula is C22H29N7O2. The Hall–Kier alpha value is -2.78. The fourth-order valence-corrected chi connectivity index (χ4v) is 4.54. The maximum Gasteiger partial charge on any atom is 0.153 e. The van der Waals surface area contributed by atoms with Crippen LogP contribution in [0.15, 0.2) is 34.5 Å². The number of ether oxygens (including phenoxy) is 1. The molecule has 0 radical (unpaired) electrons. The van der Waals surface area contributed by atoms with Crippen LogP contribution >= 0.6 is 0 Å². The molecule has 1 aliphatic carbocycles. The topological polar surface area (TPSA) is 107 Å². The monoisotopic (exact) mass is 423 g/mol. The summed E-state index contributed by atoms with van der Waals surface area (Å²) < 4.78 is 5.51. The van der Waals surface area contributed by atoms with Gasteiger partial charge in [0.05, 0.1) is 43.2 Å². The molecule has 2 aromatic rings. The van der Waals surface area contributed by atoms with Gasteiger partial charge in [-0.15, -0.1) is 0 Å². The zero-order chi connectivity index (χ0) is 21.0. The smallest absolute Gasteiger partial charge is 0.153 e. The molecular weight excluding hydrogens is 394 g/mol. The van der Waals surface area contributed by atoms with Crippen molar-refractivity contribution in [1.82, 2.24) is 15.3 Å². The summed E-state index contributed by atoms with van der Waals surface area (Å²) in [5.41, 5.74) is 4.05. The number of morpholine rings is 1. The zero-order valence-corrected chi connectivity index (χ0v) is 17.6. The number of fused-ring (bicyclic) bond motifs is 1. The lowest BCUT2D eigenvalue weighted by Crippen LogP contribution is -2.36. The standard InChI is InChI=1S/C22H29N7O2/c30-21-13-20(25-14-26-21)28-16-3-1-15(2-4-16)27-19-12-17(29-7-9-31-10-8-29)11-18-22(19)24-6-5-23-18/h5-6,11-12,14-16,21,27,30H,1-4,7-10,13H2,(H,25,26,28). The molecule has 3 aliphatic rings. The zero-order valence-electron chi connectivity index (χ0n) is 17.6. The van der Waals surface area contributed by atoms with Gasteiger partial charge in [-0.25, -0.2) is 4.99 Å². The largest absolute Gasteiger partial charge is 0.380 e. The van der Waals surface area contributed by atoms with Crippen LogP contribution in [0.3, 0.4) is 0 Å². The van der Waals surface area contributed by atoms with Gasteiger partial charge in [0, 0.05) is 37.2 Å². The van der Waals surface area contributed by atoms with Crippen molar-refractivity contribution in [2.24, 2.45) is 9.98 Å². The number of anilines is 2. The second kappa shape index (κ2) is 9.15. The molecule has 5 rings (SSSR count). The molecule has 1 aromatic carbocycles. The number of hydrogen-bond acceptors (Lipinski definition) is 8. The number of amidine groups is 1. The molecule has 1 unspecified atom stereocenters. The number of aliphatic imine (C=N–C) groups is 2. The van der Waals surface area contributed by atoms with Crippen LogP contribution in [-0.4, -0.2) is 71.9 Å². The van der Waals surface area contributed by atoms with Crippen LogP contribution in [0.25, 0.3) is 11.0 Å². The highest BCUT2D eigenvalue weighted by Crippen LogP contribution is 2.31. The highest BCUT2D eigenvalue weighted by molar-refractivity contribution is 5.94. The van der Waals surface area contributed by atoms with Gasteiger partial charge in [0.15, 0.2) is 6.23 Å². The first kappa shape index (κ1) is 20.1. The number of benzene rings is 1. The van der Waals surface area contributed by atoms with Crippen molar-refractivity contribution in [3.8, 4) is 0 Å². The molecule has 1 saturated carbocycles. The summed E-state index contributed by atoms with van der Waals surface area (Å²) in [7, 11) is 0. The second-order valence-corrected chi connectivity index (χ2v) is 8.35. The first-order valence-corrected chi connectivity index (χ1v) is 11.1. The molecule has 3 heterocycles. The van der Waals surface area contributed by atoms with E-state index >= 15 is 0 Å². The number of rotatable bonds is 4. The lowest BCUT2D eigenvalue weighted by atomic mass is 9.91. The van der Waals surface area contributed by atoms with E-state index in [0.29, 0.717) is 12.5 Å². The SMILES string of the molecule is OC1CC(=NC2CCC(Nc3cc(N4CCOCC4)cc4nccnc34)CC2)NC=N1. The van der Waals surface area contributed by atoms with Crippen LogP contribution in [0.4, 0.5) is 11.4 Å². The molecule has 3 N–H and O–H groups in total. The molecule has 0 bridgehead atoms. The summed E-state index contributed by atoms with van der Waals surface area (Å²) >= 11 is 0. The van der Waals surface area contributed by atoms with Crippen LogP contribution in [0, 0.1) is 0 Å². The van der Waals surface area contributed by atoms with Crippen molar-refractivity contribution >= 4 is 34.6 Å². The molecule has 1 atom stereocenters. The van der Waals surface area contributed by atoms with Crippen molar-refractivity contribution in [1.29, 1.82) is 0 Å². The van der Waals surface area contributed by atoms with Crippen LogP contribution in [0.1, 0.15) is 32.1 Å². The van der Waals surface area contributed by atoms with Crippen molar-refractivity contribution in [3.63, 3.8) is 0 Å². The molecule has 31 heavy (non-hydrogen) atoms. The summed E-state index contributed by atoms with van der Waals surface area (Å²) in [5.74, 6) is 0.832. The summed E-state index contributed by atoms with van der Waals surface area (Å²) in [6.45, 7) is 3.30. The predicted molar refractivity (Wildman–Crippen MR) is 122 cm³/mol. The van der Waals surface area contributed by atoms with Crippen molar-refractivity contribution < 1.29 is 9.84 Å². The van der Waals surface area contributed by atoms with Gasteiger partial charge in [0.25, 0.3) is 0 Å². The highest BCUT2D eigenvalue weighted by atomic mass is 16.5. The summed E-state index contributed by atoms with van der Waals surface area (Å²) in [6.07, 6.45) is 8.95. The lowest BCUT2D eigenvalue weighted by molar-refractivity contribution is 0.122. The summed E-state index contributed by atoms with van der Waals surface area (Å²) in [4.78, 5) is 20.2. The average molecular weight is 424 g/mol. The van der Waals surface area contributed by atoms with Gasteiger partial charge in [-0.1, -0.05) is 0 Å². The normalized spacial score (nSPS) is 28.0. The first-order chi connectivity index (χ1) is 15.2. The lowest BCUT2D eigenvalue weighted by Gasteiger charge is -2.31. The molecule has 0 spiro atoms. The third-order valence-corrected chi connectivity index (χ3v) is 6.18. The van der Waals surface area contributed by atoms with Crippen molar-refractivity contribution in [2.75, 3.05) is 36.5 Å². The van der Waals surface area contributed by atoms with E-state index in [9.17, 15) is 5.11 Å². The number of aromatic nitrogens is 2. The molecule has 9 nitrogen and oxygen atoms in total. The van der Waals surface area contributed by atoms with Crippen molar-refractivity contribution in [2.45, 2.75) is 50.4 Å². The predicted octanol–water partition coefficient (Wildman–Crippen LogP) is 1.93. The van der Waals surface area contributed by atoms with E-state index in [0.717, 1.165) is 74.5 Å². The summed E-state index contributed by atoms with van der Waals surface area (Å²) in [5, 5.41) is 16.5. The third kappa shape index (κ3) is 4.77. The molecule has 1 saturated heterocycles. The number of aliphatic hydroxyl groups excluding tert-OH is 1. The van der Waals surface area contributed by atoms with Crippen molar-refractivity contribution in [3.05, 3.63) is 24.5 Å². The van der Waals surface area contributed by atoms with Crippen LogP contribution in [-0.2, 0) is 4.74 Å². The van der Waals surface area contributed by atoms with Gasteiger partial charge in [-0.2, -0.15) is 0 Å². The molecule has 9 heteroatoms. The van der Waals surface area contributed by atoms with Gasteiger partial charge >= 0.3 is 0 Å². The minimum absolute atomic E-state index is 0.287. The number of nitrogens with zero attached hydrogens (tertiary/aromatic N) is 5. The van der Waals surface area contributed by atoms with E-state index in [4.69, 9.17) is 9.73 Å². The van der Waals surface area contributed by atoms with Crippen LogP contribution in [0.5, 0.6) is 0 Å². The molecule has 164 valence electrons. The molecule has 1 aromatic heterocycles. The Morgan fingerprint density at radius 1 is 1.10 bits per heavy atom. The van der Waals surface area contributed by atoms with E-state index in [2.05, 4.69) is 42.6 Å². The van der Waals surface area contributed by atoms with Gasteiger partial charge in [0.1, 0.15) is 11.4 Å². The van der Waals surface area contributed by atoms with Gasteiger partial charge in [-0.3, -0.25) is 15.0 Å². The number of hydrogen-bond donors (Lipinski definition) is 3. The molecule has 2 fully saturated rings. The Labute approximate surface area is 181 Å². The first-order valence-electron chi connectivity index (χ1n) is 11.1. The van der Waals surface area contributed by atoms with E-state index < -0.39 is 6.23 Å². The fourth-order valence-electron chi connectivity index (χ4n) is 4.54. The quantitative estimate of drug-likeness (QED) is 0.690. The average Bonchev–Trinajstić information content (AvgIpc) is 2.81. The molecule has 0 amide bonds. The van der Waals surface area contributed by atoms with E-state index in [1.54, 1.807) is 12.4 Å². The highest BCUT2D eigenvalue weighted by Gasteiger charge is 2.23. The van der Waals surface area contributed by atoms with Gasteiger partial charge < -0.3 is 25.4 Å².